The maximum atomic E-state index is 11.5. The molecule has 2 aromatic heterocycles. The maximum absolute atomic E-state index is 11.5. The van der Waals surface area contributed by atoms with E-state index in [4.69, 9.17) is 0 Å². The molecule has 0 fully saturated rings. The van der Waals surface area contributed by atoms with Gasteiger partial charge in [-0.3, -0.25) is 4.79 Å². The number of rotatable bonds is 3. The number of carbonyl (C=O) groups is 1. The van der Waals surface area contributed by atoms with Crippen molar-refractivity contribution in [1.29, 1.82) is 0 Å². The van der Waals surface area contributed by atoms with Crippen LogP contribution in [0.4, 0.5) is 0 Å². The number of aromatic nitrogens is 1. The Labute approximate surface area is 85.9 Å². The summed E-state index contributed by atoms with van der Waals surface area (Å²) < 4.78 is 0. The topological polar surface area (TPSA) is 32.9 Å². The van der Waals surface area contributed by atoms with Crippen molar-refractivity contribution >= 4 is 23.2 Å². The molecule has 70 valence electrons. The van der Waals surface area contributed by atoms with Crippen LogP contribution in [0.5, 0.6) is 0 Å². The lowest BCUT2D eigenvalue weighted by Crippen LogP contribution is -1.88. The molecule has 0 aliphatic carbocycles. The van der Waals surface area contributed by atoms with Gasteiger partial charge in [-0.25, -0.2) is 0 Å². The van der Waals surface area contributed by atoms with Crippen LogP contribution in [-0.2, 0) is 0 Å². The minimum atomic E-state index is 0.0506. The molecule has 2 heterocycles. The molecule has 3 heteroatoms. The van der Waals surface area contributed by atoms with Gasteiger partial charge in [-0.15, -0.1) is 11.3 Å². The number of ketones is 1. The molecule has 0 atom stereocenters. The lowest BCUT2D eigenvalue weighted by molar-refractivity contribution is 0.105. The Balaban J connectivity index is 2.09. The van der Waals surface area contributed by atoms with Gasteiger partial charge in [0.05, 0.1) is 4.88 Å². The highest BCUT2D eigenvalue weighted by atomic mass is 32.1. The third kappa shape index (κ3) is 2.00. The molecule has 2 rings (SSSR count). The number of allylic oxidation sites excluding steroid dienone is 1. The molecule has 14 heavy (non-hydrogen) atoms. The standard InChI is InChI=1S/C11H9NOS/c13-10(11-4-2-8-14-11)6-5-9-3-1-7-12-9/h1-8,12H. The van der Waals surface area contributed by atoms with E-state index in [9.17, 15) is 4.79 Å². The molecule has 1 N–H and O–H groups in total. The Morgan fingerprint density at radius 3 is 2.93 bits per heavy atom. The van der Waals surface area contributed by atoms with Crippen LogP contribution < -0.4 is 0 Å². The second-order valence-corrected chi connectivity index (χ2v) is 3.75. The van der Waals surface area contributed by atoms with Crippen LogP contribution in [0.25, 0.3) is 6.08 Å². The second kappa shape index (κ2) is 4.07. The zero-order valence-corrected chi connectivity index (χ0v) is 8.25. The number of nitrogens with one attached hydrogen (secondary N) is 1. The molecule has 0 aliphatic rings. The van der Waals surface area contributed by atoms with Gasteiger partial charge in [0, 0.05) is 11.9 Å². The number of hydrogen-bond acceptors (Lipinski definition) is 2. The first-order valence-corrected chi connectivity index (χ1v) is 5.13. The second-order valence-electron chi connectivity index (χ2n) is 2.80. The normalized spacial score (nSPS) is 10.9. The summed E-state index contributed by atoms with van der Waals surface area (Å²) in [6, 6.07) is 7.51. The largest absolute Gasteiger partial charge is 0.362 e. The van der Waals surface area contributed by atoms with Gasteiger partial charge in [-0.05, 0) is 35.7 Å². The predicted molar refractivity (Wildman–Crippen MR) is 58.5 cm³/mol. The Morgan fingerprint density at radius 2 is 2.29 bits per heavy atom. The summed E-state index contributed by atoms with van der Waals surface area (Å²) >= 11 is 1.46. The van der Waals surface area contributed by atoms with Gasteiger partial charge >= 0.3 is 0 Å². The zero-order chi connectivity index (χ0) is 9.80. The van der Waals surface area contributed by atoms with Crippen LogP contribution in [0.3, 0.4) is 0 Å². The monoisotopic (exact) mass is 203 g/mol. The van der Waals surface area contributed by atoms with E-state index < -0.39 is 0 Å². The highest BCUT2D eigenvalue weighted by Crippen LogP contribution is 2.10. The summed E-state index contributed by atoms with van der Waals surface area (Å²) in [6.07, 6.45) is 5.19. The number of hydrogen-bond donors (Lipinski definition) is 1. The highest BCUT2D eigenvalue weighted by molar-refractivity contribution is 7.12. The van der Waals surface area contributed by atoms with Crippen molar-refractivity contribution in [3.8, 4) is 0 Å². The Kier molecular flexibility index (Phi) is 2.60. The van der Waals surface area contributed by atoms with E-state index in [1.54, 1.807) is 12.2 Å². The van der Waals surface area contributed by atoms with Crippen molar-refractivity contribution in [3.63, 3.8) is 0 Å². The van der Waals surface area contributed by atoms with E-state index in [2.05, 4.69) is 4.98 Å². The highest BCUT2D eigenvalue weighted by Gasteiger charge is 2.00. The van der Waals surface area contributed by atoms with E-state index in [0.717, 1.165) is 10.6 Å². The van der Waals surface area contributed by atoms with Crippen LogP contribution in [0.15, 0.2) is 41.9 Å². The van der Waals surface area contributed by atoms with Gasteiger partial charge in [-0.2, -0.15) is 0 Å². The summed E-state index contributed by atoms with van der Waals surface area (Å²) in [6.45, 7) is 0. The van der Waals surface area contributed by atoms with E-state index >= 15 is 0 Å². The first-order valence-electron chi connectivity index (χ1n) is 4.25. The molecular weight excluding hydrogens is 194 g/mol. The minimum Gasteiger partial charge on any atom is -0.362 e. The number of thiophene rings is 1. The number of carbonyl (C=O) groups excluding carboxylic acids is 1. The molecule has 0 aromatic carbocycles. The van der Waals surface area contributed by atoms with E-state index in [1.165, 1.54) is 11.3 Å². The molecule has 0 spiro atoms. The molecule has 0 bridgehead atoms. The first-order chi connectivity index (χ1) is 6.86. The molecular formula is C11H9NOS. The third-order valence-electron chi connectivity index (χ3n) is 1.80. The van der Waals surface area contributed by atoms with Crippen LogP contribution in [-0.4, -0.2) is 10.8 Å². The fourth-order valence-corrected chi connectivity index (χ4v) is 1.76. The molecule has 0 radical (unpaired) electrons. The lowest BCUT2D eigenvalue weighted by Gasteiger charge is -1.87. The molecule has 0 unspecified atom stereocenters. The number of aromatic amines is 1. The Bertz CT molecular complexity index is 426. The Morgan fingerprint density at radius 1 is 1.36 bits per heavy atom. The number of H-pyrrole nitrogens is 1. The van der Waals surface area contributed by atoms with E-state index in [0.29, 0.717) is 0 Å². The zero-order valence-electron chi connectivity index (χ0n) is 7.44. The SMILES string of the molecule is O=C(C=Cc1ccc[nH]1)c1cccs1. The van der Waals surface area contributed by atoms with Gasteiger partial charge in [-0.1, -0.05) is 6.07 Å². The fourth-order valence-electron chi connectivity index (χ4n) is 1.11. The van der Waals surface area contributed by atoms with Crippen LogP contribution in [0.2, 0.25) is 0 Å². The molecule has 0 aliphatic heterocycles. The molecule has 2 aromatic rings. The third-order valence-corrected chi connectivity index (χ3v) is 2.68. The van der Waals surface area contributed by atoms with Crippen LogP contribution in [0.1, 0.15) is 15.4 Å². The van der Waals surface area contributed by atoms with E-state index in [-0.39, 0.29) is 5.78 Å². The smallest absolute Gasteiger partial charge is 0.195 e. The van der Waals surface area contributed by atoms with Crippen LogP contribution >= 0.6 is 11.3 Å². The van der Waals surface area contributed by atoms with Gasteiger partial charge in [0.2, 0.25) is 0 Å². The predicted octanol–water partition coefficient (Wildman–Crippen LogP) is 2.97. The van der Waals surface area contributed by atoms with Crippen molar-refractivity contribution in [2.45, 2.75) is 0 Å². The van der Waals surface area contributed by atoms with Gasteiger partial charge in [0.1, 0.15) is 0 Å². The van der Waals surface area contributed by atoms with Crippen molar-refractivity contribution in [1.82, 2.24) is 4.98 Å². The van der Waals surface area contributed by atoms with Crippen molar-refractivity contribution in [3.05, 3.63) is 52.5 Å². The minimum absolute atomic E-state index is 0.0506. The van der Waals surface area contributed by atoms with E-state index in [1.807, 2.05) is 35.8 Å². The summed E-state index contributed by atoms with van der Waals surface area (Å²) in [7, 11) is 0. The summed E-state index contributed by atoms with van der Waals surface area (Å²) in [4.78, 5) is 15.3. The average Bonchev–Trinajstić information content (AvgIpc) is 2.87. The fraction of sp³-hybridized carbons (Fsp3) is 0. The van der Waals surface area contributed by atoms with Gasteiger partial charge < -0.3 is 4.98 Å². The summed E-state index contributed by atoms with van der Waals surface area (Å²) in [5.74, 6) is 0.0506. The quantitative estimate of drug-likeness (QED) is 0.603. The van der Waals surface area contributed by atoms with Crippen molar-refractivity contribution in [2.24, 2.45) is 0 Å². The maximum Gasteiger partial charge on any atom is 0.195 e. The van der Waals surface area contributed by atoms with Gasteiger partial charge in [0.25, 0.3) is 0 Å². The van der Waals surface area contributed by atoms with Crippen molar-refractivity contribution < 1.29 is 4.79 Å². The summed E-state index contributed by atoms with van der Waals surface area (Å²) in [5.41, 5.74) is 0.940. The summed E-state index contributed by atoms with van der Waals surface area (Å²) in [5, 5.41) is 1.90. The average molecular weight is 203 g/mol. The molecule has 0 saturated heterocycles. The lowest BCUT2D eigenvalue weighted by atomic mass is 10.3. The Hall–Kier alpha value is -1.61. The van der Waals surface area contributed by atoms with Crippen LogP contribution in [0, 0.1) is 0 Å². The van der Waals surface area contributed by atoms with Crippen molar-refractivity contribution in [2.75, 3.05) is 0 Å². The molecule has 2 nitrogen and oxygen atoms in total. The van der Waals surface area contributed by atoms with Gasteiger partial charge in [0.15, 0.2) is 5.78 Å². The molecule has 0 saturated carbocycles. The first kappa shape index (κ1) is 8.97. The molecule has 0 amide bonds.